The highest BCUT2D eigenvalue weighted by Gasteiger charge is 2.09. The summed E-state index contributed by atoms with van der Waals surface area (Å²) in [6.07, 6.45) is 5.22. The summed E-state index contributed by atoms with van der Waals surface area (Å²) in [7, 11) is 0. The molecule has 0 aromatic heterocycles. The van der Waals surface area contributed by atoms with Crippen LogP contribution in [0.2, 0.25) is 0 Å². The van der Waals surface area contributed by atoms with Gasteiger partial charge in [-0.05, 0) is 24.1 Å². The number of halogens is 1. The highest BCUT2D eigenvalue weighted by atomic mass is 79.9. The minimum atomic E-state index is -0.867. The molecule has 1 rings (SSSR count). The van der Waals surface area contributed by atoms with E-state index in [-0.39, 0.29) is 6.54 Å². The van der Waals surface area contributed by atoms with Gasteiger partial charge in [0, 0.05) is 11.0 Å². The SMILES string of the molecule is C#CCN(CC(=O)O)Cc1ccc(Br)c(C)c1. The average Bonchev–Trinajstić information content (AvgIpc) is 2.23. The third-order valence-corrected chi connectivity index (χ3v) is 3.19. The molecule has 0 aliphatic heterocycles. The number of carboxylic acid groups (broad SMARTS) is 1. The summed E-state index contributed by atoms with van der Waals surface area (Å²) in [5.74, 6) is 1.61. The van der Waals surface area contributed by atoms with Gasteiger partial charge in [-0.3, -0.25) is 9.69 Å². The lowest BCUT2D eigenvalue weighted by atomic mass is 10.1. The maximum Gasteiger partial charge on any atom is 0.317 e. The standard InChI is InChI=1S/C13H14BrNO2/c1-3-6-15(9-13(16)17)8-11-4-5-12(14)10(2)7-11/h1,4-5,7H,6,8-9H2,2H3,(H,16,17). The van der Waals surface area contributed by atoms with Crippen LogP contribution < -0.4 is 0 Å². The van der Waals surface area contributed by atoms with Crippen molar-refractivity contribution in [1.29, 1.82) is 0 Å². The number of carbonyl (C=O) groups is 1. The van der Waals surface area contributed by atoms with Gasteiger partial charge < -0.3 is 5.11 Å². The number of carboxylic acids is 1. The van der Waals surface area contributed by atoms with Crippen molar-refractivity contribution in [2.24, 2.45) is 0 Å². The van der Waals surface area contributed by atoms with Crippen LogP contribution in [-0.4, -0.2) is 29.1 Å². The van der Waals surface area contributed by atoms with Crippen molar-refractivity contribution in [3.8, 4) is 12.3 Å². The van der Waals surface area contributed by atoms with Crippen molar-refractivity contribution >= 4 is 21.9 Å². The molecule has 0 aliphatic rings. The fourth-order valence-corrected chi connectivity index (χ4v) is 1.80. The Hall–Kier alpha value is -1.31. The summed E-state index contributed by atoms with van der Waals surface area (Å²) >= 11 is 3.43. The molecule has 0 fully saturated rings. The van der Waals surface area contributed by atoms with Crippen molar-refractivity contribution < 1.29 is 9.90 Å². The molecular formula is C13H14BrNO2. The predicted molar refractivity (Wildman–Crippen MR) is 70.6 cm³/mol. The number of aliphatic carboxylic acids is 1. The first-order valence-corrected chi connectivity index (χ1v) is 5.95. The zero-order valence-corrected chi connectivity index (χ0v) is 11.2. The van der Waals surface area contributed by atoms with E-state index in [2.05, 4.69) is 21.9 Å². The number of aryl methyl sites for hydroxylation is 1. The Morgan fingerprint density at radius 2 is 2.29 bits per heavy atom. The van der Waals surface area contributed by atoms with E-state index >= 15 is 0 Å². The summed E-state index contributed by atoms with van der Waals surface area (Å²) in [5, 5.41) is 8.77. The van der Waals surface area contributed by atoms with E-state index in [1.807, 2.05) is 25.1 Å². The smallest absolute Gasteiger partial charge is 0.317 e. The van der Waals surface area contributed by atoms with Crippen LogP contribution in [0.15, 0.2) is 22.7 Å². The summed E-state index contributed by atoms with van der Waals surface area (Å²) in [6, 6.07) is 5.94. The summed E-state index contributed by atoms with van der Waals surface area (Å²) < 4.78 is 1.04. The highest BCUT2D eigenvalue weighted by molar-refractivity contribution is 9.10. The molecule has 0 radical (unpaired) electrons. The van der Waals surface area contributed by atoms with E-state index in [1.54, 1.807) is 4.90 Å². The van der Waals surface area contributed by atoms with Gasteiger partial charge in [-0.15, -0.1) is 6.42 Å². The molecule has 1 aromatic carbocycles. The number of hydrogen-bond acceptors (Lipinski definition) is 2. The number of terminal acetylenes is 1. The lowest BCUT2D eigenvalue weighted by Gasteiger charge is -2.17. The normalized spacial score (nSPS) is 10.2. The van der Waals surface area contributed by atoms with Crippen LogP contribution in [0.25, 0.3) is 0 Å². The van der Waals surface area contributed by atoms with Gasteiger partial charge in [0.2, 0.25) is 0 Å². The van der Waals surface area contributed by atoms with E-state index in [4.69, 9.17) is 11.5 Å². The Morgan fingerprint density at radius 3 is 2.82 bits per heavy atom. The molecule has 0 aliphatic carbocycles. The van der Waals surface area contributed by atoms with Gasteiger partial charge in [-0.2, -0.15) is 0 Å². The first-order chi connectivity index (χ1) is 8.02. The Balaban J connectivity index is 2.75. The molecule has 0 saturated heterocycles. The van der Waals surface area contributed by atoms with Crippen molar-refractivity contribution in [2.45, 2.75) is 13.5 Å². The van der Waals surface area contributed by atoms with Gasteiger partial charge in [0.15, 0.2) is 0 Å². The van der Waals surface area contributed by atoms with Gasteiger partial charge in [0.25, 0.3) is 0 Å². The Bertz CT molecular complexity index is 451. The molecule has 0 amide bonds. The minimum Gasteiger partial charge on any atom is -0.480 e. The van der Waals surface area contributed by atoms with Gasteiger partial charge in [-0.25, -0.2) is 0 Å². The molecule has 4 heteroatoms. The predicted octanol–water partition coefficient (Wildman–Crippen LogP) is 2.28. The number of hydrogen-bond donors (Lipinski definition) is 1. The second-order valence-corrected chi connectivity index (χ2v) is 4.68. The Kier molecular flexibility index (Phi) is 5.20. The molecule has 0 bridgehead atoms. The molecule has 3 nitrogen and oxygen atoms in total. The van der Waals surface area contributed by atoms with Crippen LogP contribution in [0, 0.1) is 19.3 Å². The molecule has 0 saturated carbocycles. The van der Waals surface area contributed by atoms with E-state index in [1.165, 1.54) is 0 Å². The second-order valence-electron chi connectivity index (χ2n) is 3.83. The van der Waals surface area contributed by atoms with Crippen LogP contribution in [-0.2, 0) is 11.3 Å². The molecular weight excluding hydrogens is 282 g/mol. The maximum absolute atomic E-state index is 10.7. The van der Waals surface area contributed by atoms with Crippen LogP contribution in [0.3, 0.4) is 0 Å². The minimum absolute atomic E-state index is 0.0423. The summed E-state index contributed by atoms with van der Waals surface area (Å²) in [6.45, 7) is 2.83. The summed E-state index contributed by atoms with van der Waals surface area (Å²) in [4.78, 5) is 12.4. The van der Waals surface area contributed by atoms with Gasteiger partial charge >= 0.3 is 5.97 Å². The zero-order chi connectivity index (χ0) is 12.8. The van der Waals surface area contributed by atoms with Crippen LogP contribution in [0.5, 0.6) is 0 Å². The molecule has 1 N–H and O–H groups in total. The van der Waals surface area contributed by atoms with Gasteiger partial charge in [-0.1, -0.05) is 34.0 Å². The number of rotatable bonds is 5. The molecule has 0 unspecified atom stereocenters. The van der Waals surface area contributed by atoms with Gasteiger partial charge in [0.1, 0.15) is 0 Å². The third-order valence-electron chi connectivity index (χ3n) is 2.30. The van der Waals surface area contributed by atoms with Crippen molar-refractivity contribution in [3.63, 3.8) is 0 Å². The molecule has 90 valence electrons. The van der Waals surface area contributed by atoms with E-state index in [0.29, 0.717) is 13.1 Å². The van der Waals surface area contributed by atoms with Crippen molar-refractivity contribution in [3.05, 3.63) is 33.8 Å². The second kappa shape index (κ2) is 6.43. The monoisotopic (exact) mass is 295 g/mol. The quantitative estimate of drug-likeness (QED) is 0.847. The molecule has 17 heavy (non-hydrogen) atoms. The van der Waals surface area contributed by atoms with Crippen LogP contribution >= 0.6 is 15.9 Å². The van der Waals surface area contributed by atoms with Crippen LogP contribution in [0.4, 0.5) is 0 Å². The fourth-order valence-electron chi connectivity index (χ4n) is 1.55. The fraction of sp³-hybridized carbons (Fsp3) is 0.308. The van der Waals surface area contributed by atoms with E-state index < -0.39 is 5.97 Å². The number of benzene rings is 1. The first kappa shape index (κ1) is 13.8. The van der Waals surface area contributed by atoms with Crippen molar-refractivity contribution in [2.75, 3.05) is 13.1 Å². The topological polar surface area (TPSA) is 40.5 Å². The van der Waals surface area contributed by atoms with Crippen molar-refractivity contribution in [1.82, 2.24) is 4.90 Å². The van der Waals surface area contributed by atoms with E-state index in [0.717, 1.165) is 15.6 Å². The van der Waals surface area contributed by atoms with E-state index in [9.17, 15) is 4.79 Å². The third kappa shape index (κ3) is 4.59. The van der Waals surface area contributed by atoms with Crippen LogP contribution in [0.1, 0.15) is 11.1 Å². The Labute approximate surface area is 110 Å². The number of nitrogens with zero attached hydrogens (tertiary/aromatic N) is 1. The first-order valence-electron chi connectivity index (χ1n) is 5.15. The molecule has 0 spiro atoms. The average molecular weight is 296 g/mol. The largest absolute Gasteiger partial charge is 0.480 e. The lowest BCUT2D eigenvalue weighted by molar-refractivity contribution is -0.138. The molecule has 0 atom stereocenters. The maximum atomic E-state index is 10.7. The van der Waals surface area contributed by atoms with Gasteiger partial charge in [0.05, 0.1) is 13.1 Å². The molecule has 1 aromatic rings. The zero-order valence-electron chi connectivity index (χ0n) is 9.61. The Morgan fingerprint density at radius 1 is 1.59 bits per heavy atom. The molecule has 0 heterocycles. The highest BCUT2D eigenvalue weighted by Crippen LogP contribution is 2.18. The summed E-state index contributed by atoms with van der Waals surface area (Å²) in [5.41, 5.74) is 2.18. The lowest BCUT2D eigenvalue weighted by Crippen LogP contribution is -2.29.